The first-order valence-electron chi connectivity index (χ1n) is 4.22. The summed E-state index contributed by atoms with van der Waals surface area (Å²) < 4.78 is 5.44. The highest BCUT2D eigenvalue weighted by atomic mass is 16.5. The molecule has 0 bridgehead atoms. The Bertz CT molecular complexity index is 295. The van der Waals surface area contributed by atoms with Crippen LogP contribution >= 0.6 is 0 Å². The van der Waals surface area contributed by atoms with Gasteiger partial charge in [0.2, 0.25) is 0 Å². The fourth-order valence-corrected chi connectivity index (χ4v) is 0.898. The van der Waals surface area contributed by atoms with Gasteiger partial charge in [-0.3, -0.25) is 0 Å². The first-order valence-corrected chi connectivity index (χ1v) is 4.22. The number of ether oxygens (including phenoxy) is 1. The third kappa shape index (κ3) is 1.55. The van der Waals surface area contributed by atoms with Crippen molar-refractivity contribution in [3.63, 3.8) is 0 Å². The lowest BCUT2D eigenvalue weighted by Crippen LogP contribution is -2.02. The van der Waals surface area contributed by atoms with Crippen LogP contribution in [0, 0.1) is 13.8 Å². The van der Waals surface area contributed by atoms with Crippen molar-refractivity contribution in [1.29, 1.82) is 0 Å². The molecule has 64 valence electrons. The summed E-state index contributed by atoms with van der Waals surface area (Å²) >= 11 is 0. The van der Waals surface area contributed by atoms with Crippen LogP contribution < -0.4 is 4.74 Å². The minimum absolute atomic E-state index is 0.382. The van der Waals surface area contributed by atoms with Gasteiger partial charge in [-0.25, -0.2) is 9.97 Å². The molecule has 0 amide bonds. The van der Waals surface area contributed by atoms with Crippen LogP contribution in [0.4, 0.5) is 0 Å². The molecule has 3 nitrogen and oxygen atoms in total. The molecular weight excluding hydrogens is 152 g/mol. The van der Waals surface area contributed by atoms with Gasteiger partial charge in [-0.2, -0.15) is 0 Å². The minimum Gasteiger partial charge on any atom is -0.460 e. The SMILES string of the molecule is Cc1cnc(OC2CC2)nc1C. The Hall–Kier alpha value is -1.12. The average Bonchev–Trinajstić information content (AvgIpc) is 2.81. The van der Waals surface area contributed by atoms with E-state index in [1.165, 1.54) is 0 Å². The van der Waals surface area contributed by atoms with Crippen LogP contribution in [-0.4, -0.2) is 16.1 Å². The second-order valence-electron chi connectivity index (χ2n) is 3.24. The van der Waals surface area contributed by atoms with E-state index in [4.69, 9.17) is 4.74 Å². The zero-order chi connectivity index (χ0) is 8.55. The minimum atomic E-state index is 0.382. The van der Waals surface area contributed by atoms with Gasteiger partial charge in [0.15, 0.2) is 0 Å². The van der Waals surface area contributed by atoms with Crippen LogP contribution in [0.3, 0.4) is 0 Å². The first-order chi connectivity index (χ1) is 5.75. The highest BCUT2D eigenvalue weighted by Crippen LogP contribution is 2.24. The lowest BCUT2D eigenvalue weighted by molar-refractivity contribution is 0.277. The summed E-state index contributed by atoms with van der Waals surface area (Å²) in [5, 5.41) is 0. The van der Waals surface area contributed by atoms with Gasteiger partial charge >= 0.3 is 6.01 Å². The van der Waals surface area contributed by atoms with Crippen LogP contribution in [0.5, 0.6) is 6.01 Å². The molecule has 1 heterocycles. The molecule has 0 N–H and O–H groups in total. The van der Waals surface area contributed by atoms with Gasteiger partial charge in [-0.05, 0) is 32.3 Å². The summed E-state index contributed by atoms with van der Waals surface area (Å²) in [6.45, 7) is 3.97. The van der Waals surface area contributed by atoms with Crippen LogP contribution in [0.15, 0.2) is 6.20 Å². The first kappa shape index (κ1) is 7.53. The molecule has 0 radical (unpaired) electrons. The zero-order valence-electron chi connectivity index (χ0n) is 7.37. The summed E-state index contributed by atoms with van der Waals surface area (Å²) in [6.07, 6.45) is 4.49. The molecule has 1 aliphatic carbocycles. The molecule has 0 atom stereocenters. The van der Waals surface area contributed by atoms with Gasteiger partial charge in [0.05, 0.1) is 0 Å². The quantitative estimate of drug-likeness (QED) is 0.666. The second kappa shape index (κ2) is 2.73. The van der Waals surface area contributed by atoms with Crippen LogP contribution in [0.1, 0.15) is 24.1 Å². The van der Waals surface area contributed by atoms with Gasteiger partial charge in [-0.15, -0.1) is 0 Å². The number of nitrogens with zero attached hydrogens (tertiary/aromatic N) is 2. The predicted octanol–water partition coefficient (Wildman–Crippen LogP) is 1.63. The number of aromatic nitrogens is 2. The van der Waals surface area contributed by atoms with Crippen molar-refractivity contribution in [2.75, 3.05) is 0 Å². The number of aryl methyl sites for hydroxylation is 2. The van der Waals surface area contributed by atoms with Crippen molar-refractivity contribution in [1.82, 2.24) is 9.97 Å². The lowest BCUT2D eigenvalue weighted by Gasteiger charge is -2.03. The summed E-state index contributed by atoms with van der Waals surface area (Å²) in [5.74, 6) is 0. The van der Waals surface area contributed by atoms with Crippen LogP contribution in [0.2, 0.25) is 0 Å². The van der Waals surface area contributed by atoms with Crippen molar-refractivity contribution in [2.45, 2.75) is 32.8 Å². The Morgan fingerprint density at radius 3 is 2.75 bits per heavy atom. The maximum absolute atomic E-state index is 5.44. The predicted molar refractivity (Wildman–Crippen MR) is 45.2 cm³/mol. The van der Waals surface area contributed by atoms with Gasteiger partial charge in [0, 0.05) is 11.9 Å². The van der Waals surface area contributed by atoms with E-state index in [2.05, 4.69) is 9.97 Å². The molecule has 12 heavy (non-hydrogen) atoms. The Kier molecular flexibility index (Phi) is 1.71. The van der Waals surface area contributed by atoms with Crippen molar-refractivity contribution >= 4 is 0 Å². The van der Waals surface area contributed by atoms with E-state index in [9.17, 15) is 0 Å². The summed E-state index contributed by atoms with van der Waals surface area (Å²) in [7, 11) is 0. The molecule has 1 fully saturated rings. The molecule has 0 saturated heterocycles. The molecule has 0 spiro atoms. The van der Waals surface area contributed by atoms with Gasteiger partial charge < -0.3 is 4.74 Å². The van der Waals surface area contributed by atoms with Crippen LogP contribution in [-0.2, 0) is 0 Å². The second-order valence-corrected chi connectivity index (χ2v) is 3.24. The highest BCUT2D eigenvalue weighted by molar-refractivity contribution is 5.15. The van der Waals surface area contributed by atoms with Crippen molar-refractivity contribution in [3.8, 4) is 6.01 Å². The number of rotatable bonds is 2. The largest absolute Gasteiger partial charge is 0.460 e. The topological polar surface area (TPSA) is 35.0 Å². The van der Waals surface area contributed by atoms with E-state index in [1.807, 2.05) is 13.8 Å². The zero-order valence-corrected chi connectivity index (χ0v) is 7.37. The van der Waals surface area contributed by atoms with E-state index >= 15 is 0 Å². The maximum Gasteiger partial charge on any atom is 0.316 e. The van der Waals surface area contributed by atoms with E-state index in [0.29, 0.717) is 12.1 Å². The molecule has 1 aromatic rings. The summed E-state index contributed by atoms with van der Waals surface area (Å²) in [4.78, 5) is 8.31. The molecular formula is C9H12N2O. The van der Waals surface area contributed by atoms with Crippen LogP contribution in [0.25, 0.3) is 0 Å². The smallest absolute Gasteiger partial charge is 0.316 e. The van der Waals surface area contributed by atoms with E-state index in [1.54, 1.807) is 6.20 Å². The van der Waals surface area contributed by atoms with E-state index in [0.717, 1.165) is 24.1 Å². The molecule has 3 heteroatoms. The van der Waals surface area contributed by atoms with E-state index < -0.39 is 0 Å². The fourth-order valence-electron chi connectivity index (χ4n) is 0.898. The van der Waals surface area contributed by atoms with Crippen molar-refractivity contribution in [3.05, 3.63) is 17.5 Å². The number of hydrogen-bond donors (Lipinski definition) is 0. The third-order valence-electron chi connectivity index (χ3n) is 2.00. The van der Waals surface area contributed by atoms with E-state index in [-0.39, 0.29) is 0 Å². The lowest BCUT2D eigenvalue weighted by atomic mass is 10.3. The molecule has 1 aliphatic rings. The van der Waals surface area contributed by atoms with Gasteiger partial charge in [-0.1, -0.05) is 0 Å². The van der Waals surface area contributed by atoms with Crippen molar-refractivity contribution in [2.24, 2.45) is 0 Å². The fraction of sp³-hybridized carbons (Fsp3) is 0.556. The molecule has 2 rings (SSSR count). The Balaban J connectivity index is 2.15. The molecule has 0 aliphatic heterocycles. The standard InChI is InChI=1S/C9H12N2O/c1-6-5-10-9(11-7(6)2)12-8-3-4-8/h5,8H,3-4H2,1-2H3. The number of hydrogen-bond acceptors (Lipinski definition) is 3. The molecule has 1 aromatic heterocycles. The Morgan fingerprint density at radius 1 is 1.42 bits per heavy atom. The molecule has 0 aromatic carbocycles. The normalized spacial score (nSPS) is 16.2. The summed E-state index contributed by atoms with van der Waals surface area (Å²) in [5.41, 5.74) is 2.11. The molecule has 0 unspecified atom stereocenters. The van der Waals surface area contributed by atoms with Gasteiger partial charge in [0.1, 0.15) is 6.10 Å². The summed E-state index contributed by atoms with van der Waals surface area (Å²) in [6, 6.07) is 0.528. The Labute approximate surface area is 71.8 Å². The third-order valence-corrected chi connectivity index (χ3v) is 2.00. The maximum atomic E-state index is 5.44. The highest BCUT2D eigenvalue weighted by Gasteiger charge is 2.24. The average molecular weight is 164 g/mol. The molecule has 1 saturated carbocycles. The van der Waals surface area contributed by atoms with Gasteiger partial charge in [0.25, 0.3) is 0 Å². The van der Waals surface area contributed by atoms with Crippen molar-refractivity contribution < 1.29 is 4.74 Å². The monoisotopic (exact) mass is 164 g/mol. The Morgan fingerprint density at radius 2 is 2.17 bits per heavy atom.